The molecule has 5 atom stereocenters. The zero-order valence-corrected chi connectivity index (χ0v) is 15.7. The van der Waals surface area contributed by atoms with Gasteiger partial charge in [-0.1, -0.05) is 6.08 Å². The van der Waals surface area contributed by atoms with Gasteiger partial charge in [-0.3, -0.25) is 19.2 Å². The summed E-state index contributed by atoms with van der Waals surface area (Å²) in [6, 6.07) is 0. The third-order valence-corrected chi connectivity index (χ3v) is 3.33. The lowest BCUT2D eigenvalue weighted by molar-refractivity contribution is -0.305. The largest absolute Gasteiger partial charge is 0.463 e. The van der Waals surface area contributed by atoms with Crippen LogP contribution in [0.3, 0.4) is 0 Å². The number of ether oxygens (including phenoxy) is 6. The molecule has 27 heavy (non-hydrogen) atoms. The molecule has 152 valence electrons. The minimum Gasteiger partial charge on any atom is -0.463 e. The van der Waals surface area contributed by atoms with Crippen LogP contribution < -0.4 is 0 Å². The van der Waals surface area contributed by atoms with Crippen LogP contribution >= 0.6 is 0 Å². The molecule has 1 aliphatic rings. The Balaban J connectivity index is 3.24. The fraction of sp³-hybridized carbons (Fsp3) is 0.647. The van der Waals surface area contributed by atoms with Crippen molar-refractivity contribution in [2.45, 2.75) is 58.4 Å². The van der Waals surface area contributed by atoms with Crippen LogP contribution in [0.1, 0.15) is 27.7 Å². The Kier molecular flexibility index (Phi) is 8.89. The SMILES string of the molecule is C=CCO[C@@H]1O[C@H](COC(C)=O)[C@H](OC(C)=O)[C@@H](OC(C)=O)[C@H]1OC(C)=O. The van der Waals surface area contributed by atoms with Gasteiger partial charge in [-0.15, -0.1) is 6.58 Å². The highest BCUT2D eigenvalue weighted by Crippen LogP contribution is 2.29. The van der Waals surface area contributed by atoms with Crippen LogP contribution in [0.15, 0.2) is 12.7 Å². The van der Waals surface area contributed by atoms with Crippen LogP contribution in [0.2, 0.25) is 0 Å². The van der Waals surface area contributed by atoms with Crippen molar-refractivity contribution in [2.24, 2.45) is 0 Å². The van der Waals surface area contributed by atoms with Crippen molar-refractivity contribution in [3.8, 4) is 0 Å². The number of carbonyl (C=O) groups is 4. The molecule has 10 nitrogen and oxygen atoms in total. The second kappa shape index (κ2) is 10.6. The Bertz CT molecular complexity index is 572. The fourth-order valence-electron chi connectivity index (χ4n) is 2.49. The molecule has 1 heterocycles. The molecule has 10 heteroatoms. The minimum absolute atomic E-state index is 0.0355. The summed E-state index contributed by atoms with van der Waals surface area (Å²) < 4.78 is 31.7. The third kappa shape index (κ3) is 7.35. The molecular formula is C17H24O10. The van der Waals surface area contributed by atoms with Gasteiger partial charge in [0, 0.05) is 27.7 Å². The first-order valence-corrected chi connectivity index (χ1v) is 8.18. The molecule has 1 saturated heterocycles. The summed E-state index contributed by atoms with van der Waals surface area (Å²) >= 11 is 0. The Morgan fingerprint density at radius 3 is 1.85 bits per heavy atom. The Labute approximate surface area is 156 Å². The first-order chi connectivity index (χ1) is 12.6. The van der Waals surface area contributed by atoms with E-state index >= 15 is 0 Å². The van der Waals surface area contributed by atoms with Crippen molar-refractivity contribution in [2.75, 3.05) is 13.2 Å². The van der Waals surface area contributed by atoms with Gasteiger partial charge >= 0.3 is 23.9 Å². The van der Waals surface area contributed by atoms with Gasteiger partial charge in [0.25, 0.3) is 0 Å². The van der Waals surface area contributed by atoms with E-state index in [9.17, 15) is 19.2 Å². The molecule has 1 fully saturated rings. The zero-order chi connectivity index (χ0) is 20.6. The van der Waals surface area contributed by atoms with E-state index in [2.05, 4.69) is 6.58 Å². The highest BCUT2D eigenvalue weighted by molar-refractivity contribution is 5.68. The van der Waals surface area contributed by atoms with Gasteiger partial charge in [0.1, 0.15) is 12.7 Å². The van der Waals surface area contributed by atoms with Crippen LogP contribution in [0.5, 0.6) is 0 Å². The smallest absolute Gasteiger partial charge is 0.303 e. The number of esters is 4. The molecule has 0 unspecified atom stereocenters. The molecule has 0 aliphatic carbocycles. The molecule has 0 aromatic carbocycles. The lowest BCUT2D eigenvalue weighted by Crippen LogP contribution is -2.62. The van der Waals surface area contributed by atoms with Gasteiger partial charge in [0.05, 0.1) is 6.61 Å². The van der Waals surface area contributed by atoms with Gasteiger partial charge in [-0.25, -0.2) is 0 Å². The summed E-state index contributed by atoms with van der Waals surface area (Å²) in [6.45, 7) is 7.90. The molecule has 0 saturated carbocycles. The maximum Gasteiger partial charge on any atom is 0.303 e. The van der Waals surface area contributed by atoms with Crippen molar-refractivity contribution in [3.63, 3.8) is 0 Å². The second-order valence-electron chi connectivity index (χ2n) is 5.69. The number of rotatable bonds is 8. The van der Waals surface area contributed by atoms with Gasteiger partial charge < -0.3 is 28.4 Å². The molecule has 0 aromatic heterocycles. The van der Waals surface area contributed by atoms with E-state index in [0.717, 1.165) is 20.8 Å². The molecule has 0 spiro atoms. The zero-order valence-electron chi connectivity index (χ0n) is 15.7. The van der Waals surface area contributed by atoms with Crippen molar-refractivity contribution in [1.29, 1.82) is 0 Å². The number of carbonyl (C=O) groups excluding carboxylic acids is 4. The molecular weight excluding hydrogens is 364 g/mol. The molecule has 0 amide bonds. The van der Waals surface area contributed by atoms with Crippen LogP contribution in [-0.4, -0.2) is 67.8 Å². The van der Waals surface area contributed by atoms with Crippen LogP contribution in [0.25, 0.3) is 0 Å². The lowest BCUT2D eigenvalue weighted by atomic mass is 9.98. The molecule has 0 bridgehead atoms. The van der Waals surface area contributed by atoms with Crippen molar-refractivity contribution in [1.82, 2.24) is 0 Å². The summed E-state index contributed by atoms with van der Waals surface area (Å²) in [7, 11) is 0. The average molecular weight is 388 g/mol. The molecule has 0 N–H and O–H groups in total. The van der Waals surface area contributed by atoms with E-state index in [1.807, 2.05) is 0 Å². The van der Waals surface area contributed by atoms with Gasteiger partial charge in [-0.2, -0.15) is 0 Å². The predicted octanol–water partition coefficient (Wildman–Crippen LogP) is 0.272. The number of hydrogen-bond donors (Lipinski definition) is 0. The Morgan fingerprint density at radius 2 is 1.37 bits per heavy atom. The third-order valence-electron chi connectivity index (χ3n) is 3.33. The number of hydrogen-bond acceptors (Lipinski definition) is 10. The standard InChI is InChI=1S/C17H24O10/c1-6-7-22-17-16(26-12(5)21)15(25-11(4)20)14(24-10(3)19)13(27-17)8-23-9(2)18/h6,13-17H,1,7-8H2,2-5H3/t13-,14+,15-,16-,17-/m1/s1. The van der Waals surface area contributed by atoms with Gasteiger partial charge in [0.2, 0.25) is 0 Å². The topological polar surface area (TPSA) is 124 Å². The molecule has 0 radical (unpaired) electrons. The summed E-state index contributed by atoms with van der Waals surface area (Å²) in [5, 5.41) is 0. The van der Waals surface area contributed by atoms with Crippen LogP contribution in [0.4, 0.5) is 0 Å². The lowest BCUT2D eigenvalue weighted by Gasteiger charge is -2.43. The van der Waals surface area contributed by atoms with E-state index in [0.29, 0.717) is 0 Å². The summed E-state index contributed by atoms with van der Waals surface area (Å²) in [4.78, 5) is 45.8. The van der Waals surface area contributed by atoms with Gasteiger partial charge in [-0.05, 0) is 0 Å². The average Bonchev–Trinajstić information content (AvgIpc) is 2.54. The normalized spacial score (nSPS) is 27.2. The predicted molar refractivity (Wildman–Crippen MR) is 88.1 cm³/mol. The summed E-state index contributed by atoms with van der Waals surface area (Å²) in [6.07, 6.45) is -4.41. The van der Waals surface area contributed by atoms with E-state index < -0.39 is 54.6 Å². The highest BCUT2D eigenvalue weighted by atomic mass is 16.7. The summed E-state index contributed by atoms with van der Waals surface area (Å²) in [5.74, 6) is -2.67. The van der Waals surface area contributed by atoms with Crippen LogP contribution in [0, 0.1) is 0 Å². The molecule has 0 aromatic rings. The van der Waals surface area contributed by atoms with Gasteiger partial charge in [0.15, 0.2) is 24.6 Å². The van der Waals surface area contributed by atoms with E-state index in [1.54, 1.807) is 0 Å². The fourth-order valence-corrected chi connectivity index (χ4v) is 2.49. The highest BCUT2D eigenvalue weighted by Gasteiger charge is 2.52. The monoisotopic (exact) mass is 388 g/mol. The van der Waals surface area contributed by atoms with Crippen molar-refractivity contribution >= 4 is 23.9 Å². The second-order valence-corrected chi connectivity index (χ2v) is 5.69. The van der Waals surface area contributed by atoms with Crippen LogP contribution in [-0.2, 0) is 47.6 Å². The quantitative estimate of drug-likeness (QED) is 0.325. The Morgan fingerprint density at radius 1 is 0.852 bits per heavy atom. The first kappa shape index (κ1) is 22.6. The van der Waals surface area contributed by atoms with Crippen molar-refractivity contribution < 1.29 is 47.6 Å². The molecule has 1 aliphatic heterocycles. The van der Waals surface area contributed by atoms with E-state index in [1.165, 1.54) is 13.0 Å². The molecule has 1 rings (SSSR count). The summed E-state index contributed by atoms with van der Waals surface area (Å²) in [5.41, 5.74) is 0. The Hall–Kier alpha value is -2.46. The van der Waals surface area contributed by atoms with E-state index in [4.69, 9.17) is 28.4 Å². The van der Waals surface area contributed by atoms with E-state index in [-0.39, 0.29) is 13.2 Å². The maximum atomic E-state index is 11.6. The van der Waals surface area contributed by atoms with Crippen molar-refractivity contribution in [3.05, 3.63) is 12.7 Å². The maximum absolute atomic E-state index is 11.6. The first-order valence-electron chi connectivity index (χ1n) is 8.18. The minimum atomic E-state index is -1.24.